The summed E-state index contributed by atoms with van der Waals surface area (Å²) >= 11 is 0. The minimum atomic E-state index is -1.85. The largest absolute Gasteiger partial charge is 0.459 e. The second kappa shape index (κ2) is 23.5. The maximum absolute atomic E-state index is 14.5. The van der Waals surface area contributed by atoms with E-state index in [9.17, 15) is 30.0 Å². The molecule has 1 aromatic heterocycles. The van der Waals surface area contributed by atoms with Crippen LogP contribution in [-0.2, 0) is 51.0 Å². The zero-order valence-corrected chi connectivity index (χ0v) is 43.7. The van der Waals surface area contributed by atoms with Crippen LogP contribution in [0.15, 0.2) is 30.5 Å². The number of amides is 1. The fourth-order valence-electron chi connectivity index (χ4n) is 10.7. The van der Waals surface area contributed by atoms with Crippen molar-refractivity contribution < 1.29 is 63.2 Å². The number of carbonyl (C=O) groups excluding carboxylic acids is 2. The van der Waals surface area contributed by atoms with E-state index in [1.807, 2.05) is 82.9 Å². The van der Waals surface area contributed by atoms with Crippen molar-refractivity contribution in [1.29, 1.82) is 0 Å². The highest BCUT2D eigenvalue weighted by Crippen LogP contribution is 2.41. The number of nitrogens with one attached hydrogen (secondary N) is 1. The third-order valence-corrected chi connectivity index (χ3v) is 15.0. The van der Waals surface area contributed by atoms with Crippen LogP contribution in [0.1, 0.15) is 112 Å². The third kappa shape index (κ3) is 13.6. The van der Waals surface area contributed by atoms with Gasteiger partial charge in [0, 0.05) is 38.1 Å². The number of carbonyl (C=O) groups is 2. The summed E-state index contributed by atoms with van der Waals surface area (Å²) in [5, 5.41) is 59.2. The highest BCUT2D eigenvalue weighted by atomic mass is 16.7. The molecule has 4 heterocycles. The fourth-order valence-corrected chi connectivity index (χ4v) is 10.7. The number of esters is 1. The molecule has 3 fully saturated rings. The molecule has 69 heavy (non-hydrogen) atoms. The van der Waals surface area contributed by atoms with Gasteiger partial charge >= 0.3 is 12.1 Å². The van der Waals surface area contributed by atoms with E-state index < -0.39 is 102 Å². The highest BCUT2D eigenvalue weighted by Gasteiger charge is 2.54. The maximum Gasteiger partial charge on any atom is 0.407 e. The molecule has 3 saturated heterocycles. The second-order valence-corrected chi connectivity index (χ2v) is 21.2. The molecule has 0 bridgehead atoms. The Balaban J connectivity index is 1.43. The summed E-state index contributed by atoms with van der Waals surface area (Å²) < 4.78 is 46.4. The van der Waals surface area contributed by atoms with Gasteiger partial charge < -0.3 is 68.7 Å². The Hall–Kier alpha value is -3.34. The molecule has 3 aliphatic heterocycles. The van der Waals surface area contributed by atoms with Crippen molar-refractivity contribution >= 4 is 12.1 Å². The van der Waals surface area contributed by atoms with Gasteiger partial charge in [0.15, 0.2) is 18.7 Å². The third-order valence-electron chi connectivity index (χ3n) is 15.0. The Morgan fingerprint density at radius 2 is 1.68 bits per heavy atom. The standard InChI is InChI=1S/C50H84N6O13/c1-16-38-50(11,62)42(58)33(7)55(14)25-28(2)22-48(9,61)43(68-46-40(57)37(54(12)13)21-30(4)64-46)31(5)41(32(6)45(59)66-38)67-39-23-49(10,63-15)44(34(8)65-39)69-47(60)51-24-36-27-56(53-52-36)26-35-20-18-17-19-29(35)3/h17-20,27-28,30-34,37-44,46,57-58,61-62H,16,21-26H2,1-15H3,(H,51,60)/t28-,30-,31+,32-,33-,34+,37+,38+,39+,40-,41-,42+,43-,44+,46+,48-,49-,50-/m1/s1. The lowest BCUT2D eigenvalue weighted by Gasteiger charge is -2.49. The number of likely N-dealkylation sites (N-methyl/N-ethyl adjacent to an activating group) is 2. The molecule has 0 spiro atoms. The maximum atomic E-state index is 14.5. The van der Waals surface area contributed by atoms with Gasteiger partial charge in [-0.25, -0.2) is 9.48 Å². The first kappa shape index (κ1) is 56.6. The second-order valence-electron chi connectivity index (χ2n) is 21.2. The smallest absolute Gasteiger partial charge is 0.407 e. The van der Waals surface area contributed by atoms with Gasteiger partial charge in [0.25, 0.3) is 0 Å². The Bertz CT molecular complexity index is 1970. The van der Waals surface area contributed by atoms with Crippen LogP contribution in [0.5, 0.6) is 0 Å². The molecule has 0 radical (unpaired) electrons. The monoisotopic (exact) mass is 977 g/mol. The number of hydrogen-bond donors (Lipinski definition) is 5. The Labute approximate surface area is 409 Å². The fraction of sp³-hybridized carbons (Fsp3) is 0.800. The average Bonchev–Trinajstić information content (AvgIpc) is 3.73. The number of aromatic nitrogens is 3. The topological polar surface area (TPSA) is 229 Å². The lowest BCUT2D eigenvalue weighted by molar-refractivity contribution is -0.317. The zero-order chi connectivity index (χ0) is 51.3. The molecule has 19 nitrogen and oxygen atoms in total. The normalized spacial score (nSPS) is 40.1. The predicted molar refractivity (Wildman–Crippen MR) is 256 cm³/mol. The van der Waals surface area contributed by atoms with Crippen LogP contribution < -0.4 is 5.32 Å². The van der Waals surface area contributed by atoms with Crippen molar-refractivity contribution in [2.24, 2.45) is 17.8 Å². The SMILES string of the molecule is CC[C@@H]1OC(=O)[C@H](C)[C@H](O[C@H]2C[C@@](C)(OC)[C@@H](OC(=O)NCc3cn(Cc4ccccc4C)nn3)[C@H](C)O2)[C@H](C)[C@@H](O[C@@H]2O[C@H](C)C[C@H](N(C)C)[C@H]2O)[C@](C)(O)C[C@@H](C)CN(C)[C@H](C)[C@H](O)[C@]1(C)O. The van der Waals surface area contributed by atoms with E-state index in [2.05, 4.69) is 15.6 Å². The summed E-state index contributed by atoms with van der Waals surface area (Å²) in [7, 11) is 7.10. The van der Waals surface area contributed by atoms with E-state index in [1.54, 1.807) is 52.4 Å². The molecule has 0 aliphatic carbocycles. The van der Waals surface area contributed by atoms with Crippen LogP contribution in [0.2, 0.25) is 0 Å². The first-order chi connectivity index (χ1) is 32.2. The molecule has 5 rings (SSSR count). The predicted octanol–water partition coefficient (Wildman–Crippen LogP) is 3.78. The number of ether oxygens (including phenoxy) is 7. The van der Waals surface area contributed by atoms with Gasteiger partial charge in [-0.2, -0.15) is 0 Å². The van der Waals surface area contributed by atoms with Crippen molar-refractivity contribution in [3.63, 3.8) is 0 Å². The molecule has 5 N–H and O–H groups in total. The van der Waals surface area contributed by atoms with E-state index in [0.717, 1.165) is 11.1 Å². The minimum absolute atomic E-state index is 0.0398. The lowest BCUT2D eigenvalue weighted by atomic mass is 9.77. The zero-order valence-electron chi connectivity index (χ0n) is 43.7. The van der Waals surface area contributed by atoms with E-state index in [4.69, 9.17) is 33.2 Å². The van der Waals surface area contributed by atoms with Gasteiger partial charge in [-0.05, 0) is 113 Å². The van der Waals surface area contributed by atoms with Crippen molar-refractivity contribution in [2.75, 3.05) is 34.8 Å². The molecule has 392 valence electrons. The van der Waals surface area contributed by atoms with E-state index >= 15 is 0 Å². The summed E-state index contributed by atoms with van der Waals surface area (Å²) in [6, 6.07) is 7.12. The quantitative estimate of drug-likeness (QED) is 0.191. The lowest BCUT2D eigenvalue weighted by Crippen LogP contribution is -2.61. The number of cyclic esters (lactones) is 1. The van der Waals surface area contributed by atoms with Crippen LogP contribution in [0.3, 0.4) is 0 Å². The van der Waals surface area contributed by atoms with Crippen molar-refractivity contribution in [1.82, 2.24) is 30.1 Å². The molecule has 0 saturated carbocycles. The van der Waals surface area contributed by atoms with Gasteiger partial charge in [-0.3, -0.25) is 4.79 Å². The van der Waals surface area contributed by atoms with Gasteiger partial charge in [0.05, 0.1) is 55.2 Å². The summed E-state index contributed by atoms with van der Waals surface area (Å²) in [4.78, 5) is 31.8. The first-order valence-electron chi connectivity index (χ1n) is 24.7. The summed E-state index contributed by atoms with van der Waals surface area (Å²) in [5.74, 6) is -2.82. The number of aliphatic hydroxyl groups is 4. The average molecular weight is 977 g/mol. The number of methoxy groups -OCH3 is 1. The van der Waals surface area contributed by atoms with E-state index in [1.165, 1.54) is 14.0 Å². The van der Waals surface area contributed by atoms with Gasteiger partial charge in [0.1, 0.15) is 35.2 Å². The van der Waals surface area contributed by atoms with Crippen LogP contribution in [0.4, 0.5) is 4.79 Å². The molecule has 3 aliphatic rings. The van der Waals surface area contributed by atoms with Crippen molar-refractivity contribution in [2.45, 2.75) is 205 Å². The van der Waals surface area contributed by atoms with Crippen LogP contribution in [0, 0.1) is 24.7 Å². The minimum Gasteiger partial charge on any atom is -0.459 e. The molecule has 1 aromatic carbocycles. The highest BCUT2D eigenvalue weighted by molar-refractivity contribution is 5.73. The number of alkyl carbamates (subject to hydrolysis) is 1. The summed E-state index contributed by atoms with van der Waals surface area (Å²) in [6.07, 6.45) is -7.94. The van der Waals surface area contributed by atoms with Gasteiger partial charge in [-0.1, -0.05) is 50.3 Å². The molecule has 19 heteroatoms. The van der Waals surface area contributed by atoms with Crippen molar-refractivity contribution in [3.8, 4) is 0 Å². The molecule has 1 amide bonds. The number of aliphatic hydroxyl groups excluding tert-OH is 2. The summed E-state index contributed by atoms with van der Waals surface area (Å²) in [6.45, 7) is 20.6. The van der Waals surface area contributed by atoms with Crippen LogP contribution in [-0.4, -0.2) is 182 Å². The van der Waals surface area contributed by atoms with E-state index in [-0.39, 0.29) is 43.9 Å². The first-order valence-corrected chi connectivity index (χ1v) is 24.7. The Morgan fingerprint density at radius 1 is 1.00 bits per heavy atom. The molecule has 18 atom stereocenters. The number of rotatable bonds is 12. The Kier molecular flexibility index (Phi) is 19.2. The molecule has 2 aromatic rings. The number of hydrogen-bond acceptors (Lipinski definition) is 17. The molecular formula is C50H84N6O13. The van der Waals surface area contributed by atoms with Gasteiger partial charge in [0.2, 0.25) is 0 Å². The van der Waals surface area contributed by atoms with Gasteiger partial charge in [-0.15, -0.1) is 5.10 Å². The molecular weight excluding hydrogens is 893 g/mol. The van der Waals surface area contributed by atoms with Crippen molar-refractivity contribution in [3.05, 3.63) is 47.3 Å². The number of aryl methyl sites for hydroxylation is 1. The summed E-state index contributed by atoms with van der Waals surface area (Å²) in [5.41, 5.74) is -1.86. The van der Waals surface area contributed by atoms with Crippen LogP contribution >= 0.6 is 0 Å². The Morgan fingerprint density at radius 3 is 2.32 bits per heavy atom. The molecule has 0 unspecified atom stereocenters. The number of benzene rings is 1. The van der Waals surface area contributed by atoms with Crippen LogP contribution in [0.25, 0.3) is 0 Å². The van der Waals surface area contributed by atoms with E-state index in [0.29, 0.717) is 25.2 Å². The number of nitrogens with zero attached hydrogens (tertiary/aromatic N) is 5.